The van der Waals surface area contributed by atoms with E-state index in [0.717, 1.165) is 28.8 Å². The first-order chi connectivity index (χ1) is 8.17. The lowest BCUT2D eigenvalue weighted by Crippen LogP contribution is -2.33. The van der Waals surface area contributed by atoms with Crippen LogP contribution in [-0.2, 0) is 5.75 Å². The summed E-state index contributed by atoms with van der Waals surface area (Å²) >= 11 is 5.43. The average molecular weight is 318 g/mol. The molecule has 2 atom stereocenters. The highest BCUT2D eigenvalue weighted by Gasteiger charge is 2.29. The fraction of sp³-hybridized carbons (Fsp3) is 0.538. The monoisotopic (exact) mass is 317 g/mol. The highest BCUT2D eigenvalue weighted by Crippen LogP contribution is 2.42. The lowest BCUT2D eigenvalue weighted by Gasteiger charge is -2.33. The number of nitrogens with one attached hydrogen (secondary N) is 1. The predicted molar refractivity (Wildman–Crippen MR) is 75.9 cm³/mol. The Morgan fingerprint density at radius 3 is 2.88 bits per heavy atom. The van der Waals surface area contributed by atoms with Gasteiger partial charge < -0.3 is 5.32 Å². The Balaban J connectivity index is 2.43. The van der Waals surface area contributed by atoms with Gasteiger partial charge in [0.25, 0.3) is 0 Å². The molecule has 94 valence electrons. The highest BCUT2D eigenvalue weighted by atomic mass is 79.9. The molecule has 0 saturated carbocycles. The van der Waals surface area contributed by atoms with Crippen molar-refractivity contribution < 1.29 is 4.39 Å². The maximum Gasteiger partial charge on any atom is 0.124 e. The molecule has 1 aromatic rings. The second kappa shape index (κ2) is 5.72. The molecule has 1 nitrogen and oxygen atoms in total. The van der Waals surface area contributed by atoms with Gasteiger partial charge in [0, 0.05) is 21.5 Å². The van der Waals surface area contributed by atoms with Gasteiger partial charge in [-0.25, -0.2) is 4.39 Å². The zero-order valence-corrected chi connectivity index (χ0v) is 12.5. The number of rotatable bonds is 3. The van der Waals surface area contributed by atoms with E-state index in [9.17, 15) is 4.39 Å². The minimum absolute atomic E-state index is 0.153. The van der Waals surface area contributed by atoms with Crippen LogP contribution < -0.4 is 5.32 Å². The number of benzene rings is 1. The van der Waals surface area contributed by atoms with Crippen LogP contribution in [0.2, 0.25) is 0 Å². The van der Waals surface area contributed by atoms with Gasteiger partial charge in [-0.3, -0.25) is 0 Å². The Kier molecular flexibility index (Phi) is 4.50. The summed E-state index contributed by atoms with van der Waals surface area (Å²) in [4.78, 5) is 0. The number of halogens is 2. The Morgan fingerprint density at radius 2 is 2.24 bits per heavy atom. The van der Waals surface area contributed by atoms with E-state index < -0.39 is 0 Å². The zero-order valence-electron chi connectivity index (χ0n) is 10.1. The van der Waals surface area contributed by atoms with E-state index in [2.05, 4.69) is 35.1 Å². The van der Waals surface area contributed by atoms with Gasteiger partial charge in [0.2, 0.25) is 0 Å². The molecule has 4 heteroatoms. The number of hydrogen-bond donors (Lipinski definition) is 1. The normalized spacial score (nSPS) is 23.5. The molecule has 0 radical (unpaired) electrons. The molecule has 1 aliphatic heterocycles. The minimum Gasteiger partial charge on any atom is -0.309 e. The van der Waals surface area contributed by atoms with Gasteiger partial charge >= 0.3 is 0 Å². The van der Waals surface area contributed by atoms with Crippen LogP contribution in [0.1, 0.15) is 37.4 Å². The van der Waals surface area contributed by atoms with Gasteiger partial charge in [-0.2, -0.15) is 11.8 Å². The largest absolute Gasteiger partial charge is 0.309 e. The maximum atomic E-state index is 13.5. The first-order valence-electron chi connectivity index (χ1n) is 6.00. The molecule has 17 heavy (non-hydrogen) atoms. The van der Waals surface area contributed by atoms with Crippen LogP contribution in [0.3, 0.4) is 0 Å². The highest BCUT2D eigenvalue weighted by molar-refractivity contribution is 9.10. The standard InChI is InChI=1S/C13H17BrFNS/c1-3-12-13(16-4-2)9-5-8(15)6-11(14)10(9)7-17-12/h5-6,12-13,16H,3-4,7H2,1-2H3. The molecular formula is C13H17BrFNS. The van der Waals surface area contributed by atoms with Crippen LogP contribution in [0.25, 0.3) is 0 Å². The molecular weight excluding hydrogens is 301 g/mol. The van der Waals surface area contributed by atoms with Gasteiger partial charge in [-0.1, -0.05) is 29.8 Å². The van der Waals surface area contributed by atoms with E-state index in [1.54, 1.807) is 12.1 Å². The summed E-state index contributed by atoms with van der Waals surface area (Å²) in [6.45, 7) is 5.21. The van der Waals surface area contributed by atoms with Crippen LogP contribution in [0.15, 0.2) is 16.6 Å². The summed E-state index contributed by atoms with van der Waals surface area (Å²) in [5, 5.41) is 4.03. The molecule has 0 bridgehead atoms. The fourth-order valence-electron chi connectivity index (χ4n) is 2.35. The second-order valence-corrected chi connectivity index (χ2v) is 6.33. The molecule has 2 rings (SSSR count). The molecule has 1 heterocycles. The maximum absolute atomic E-state index is 13.5. The number of hydrogen-bond acceptors (Lipinski definition) is 2. The third-order valence-electron chi connectivity index (χ3n) is 3.17. The molecule has 1 aliphatic rings. The van der Waals surface area contributed by atoms with Crippen molar-refractivity contribution >= 4 is 27.7 Å². The summed E-state index contributed by atoms with van der Waals surface area (Å²) in [6.07, 6.45) is 1.11. The number of thioether (sulfide) groups is 1. The van der Waals surface area contributed by atoms with Gasteiger partial charge in [0.1, 0.15) is 5.82 Å². The smallest absolute Gasteiger partial charge is 0.124 e. The van der Waals surface area contributed by atoms with Crippen LogP contribution in [-0.4, -0.2) is 11.8 Å². The third-order valence-corrected chi connectivity index (χ3v) is 5.37. The lowest BCUT2D eigenvalue weighted by atomic mass is 9.96. The minimum atomic E-state index is -0.153. The summed E-state index contributed by atoms with van der Waals surface area (Å²) in [7, 11) is 0. The molecule has 0 aliphatic carbocycles. The quantitative estimate of drug-likeness (QED) is 0.893. The van der Waals surface area contributed by atoms with E-state index in [1.807, 2.05) is 11.8 Å². The van der Waals surface area contributed by atoms with Gasteiger partial charge in [0.05, 0.1) is 0 Å². The zero-order chi connectivity index (χ0) is 12.4. The molecule has 0 amide bonds. The predicted octanol–water partition coefficient (Wildman–Crippen LogP) is 4.26. The molecule has 0 fully saturated rings. The SMILES string of the molecule is CCNC1c2cc(F)cc(Br)c2CSC1CC. The van der Waals surface area contributed by atoms with Crippen LogP contribution in [0, 0.1) is 5.82 Å². The first kappa shape index (κ1) is 13.4. The van der Waals surface area contributed by atoms with Crippen molar-refractivity contribution in [2.24, 2.45) is 0 Å². The van der Waals surface area contributed by atoms with E-state index in [1.165, 1.54) is 5.56 Å². The lowest BCUT2D eigenvalue weighted by molar-refractivity contribution is 0.508. The van der Waals surface area contributed by atoms with Crippen molar-refractivity contribution in [3.05, 3.63) is 33.5 Å². The molecule has 0 saturated heterocycles. The third kappa shape index (κ3) is 2.69. The first-order valence-corrected chi connectivity index (χ1v) is 7.84. The fourth-order valence-corrected chi connectivity index (χ4v) is 4.50. The summed E-state index contributed by atoms with van der Waals surface area (Å²) < 4.78 is 14.4. The molecule has 1 N–H and O–H groups in total. The van der Waals surface area contributed by atoms with Crippen molar-refractivity contribution in [3.63, 3.8) is 0 Å². The van der Waals surface area contributed by atoms with E-state index >= 15 is 0 Å². The number of fused-ring (bicyclic) bond motifs is 1. The second-order valence-electron chi connectivity index (χ2n) is 4.25. The average Bonchev–Trinajstić information content (AvgIpc) is 2.30. The molecule has 1 aromatic carbocycles. The molecule has 0 aromatic heterocycles. The van der Waals surface area contributed by atoms with Crippen molar-refractivity contribution in [2.45, 2.75) is 37.3 Å². The Hall–Kier alpha value is -0.0600. The summed E-state index contributed by atoms with van der Waals surface area (Å²) in [6, 6.07) is 3.52. The Labute approximate surface area is 115 Å². The summed E-state index contributed by atoms with van der Waals surface area (Å²) in [5.41, 5.74) is 2.37. The van der Waals surface area contributed by atoms with Crippen LogP contribution >= 0.6 is 27.7 Å². The van der Waals surface area contributed by atoms with Crippen LogP contribution in [0.5, 0.6) is 0 Å². The van der Waals surface area contributed by atoms with Gasteiger partial charge in [-0.05, 0) is 36.2 Å². The Bertz CT molecular complexity index is 411. The Morgan fingerprint density at radius 1 is 1.47 bits per heavy atom. The topological polar surface area (TPSA) is 12.0 Å². The van der Waals surface area contributed by atoms with Crippen molar-refractivity contribution in [1.29, 1.82) is 0 Å². The summed E-state index contributed by atoms with van der Waals surface area (Å²) in [5.74, 6) is 0.816. The van der Waals surface area contributed by atoms with E-state index in [-0.39, 0.29) is 11.9 Å². The van der Waals surface area contributed by atoms with Crippen molar-refractivity contribution in [1.82, 2.24) is 5.32 Å². The van der Waals surface area contributed by atoms with E-state index in [0.29, 0.717) is 5.25 Å². The van der Waals surface area contributed by atoms with Gasteiger partial charge in [-0.15, -0.1) is 0 Å². The van der Waals surface area contributed by atoms with Crippen LogP contribution in [0.4, 0.5) is 4.39 Å². The molecule has 2 unspecified atom stereocenters. The van der Waals surface area contributed by atoms with Crippen molar-refractivity contribution in [3.8, 4) is 0 Å². The molecule has 0 spiro atoms. The van der Waals surface area contributed by atoms with Gasteiger partial charge in [0.15, 0.2) is 0 Å². The van der Waals surface area contributed by atoms with E-state index in [4.69, 9.17) is 0 Å². The van der Waals surface area contributed by atoms with Crippen molar-refractivity contribution in [2.75, 3.05) is 6.54 Å².